The molecule has 4 saturated heterocycles. The molecule has 0 amide bonds. The van der Waals surface area contributed by atoms with Crippen LogP contribution in [0.3, 0.4) is 0 Å². The molecule has 0 aromatic rings. The molecule has 8 aliphatic rings. The number of aliphatic hydroxyl groups is 9. The van der Waals surface area contributed by atoms with Gasteiger partial charge >= 0.3 is 5.97 Å². The lowest BCUT2D eigenvalue weighted by Crippen LogP contribution is -2.65. The van der Waals surface area contributed by atoms with Gasteiger partial charge in [0, 0.05) is 19.4 Å². The molecule has 0 aromatic carbocycles. The number of methoxy groups -OCH3 is 1. The van der Waals surface area contributed by atoms with Crippen LogP contribution in [0.15, 0.2) is 11.6 Å². The highest BCUT2D eigenvalue weighted by atomic mass is 16.8. The Morgan fingerprint density at radius 2 is 1.54 bits per heavy atom. The van der Waals surface area contributed by atoms with Crippen LogP contribution in [0, 0.1) is 46.3 Å². The summed E-state index contributed by atoms with van der Waals surface area (Å²) in [6.45, 7) is 10.3. The van der Waals surface area contributed by atoms with Crippen molar-refractivity contribution in [3.8, 4) is 0 Å². The molecule has 8 rings (SSSR count). The molecule has 0 aromatic heterocycles. The van der Waals surface area contributed by atoms with Crippen LogP contribution < -0.4 is 0 Å². The maximum absolute atomic E-state index is 12.1. The molecule has 0 spiro atoms. The molecule has 7 fully saturated rings. The van der Waals surface area contributed by atoms with Gasteiger partial charge in [-0.15, -0.1) is 0 Å². The van der Waals surface area contributed by atoms with E-state index in [1.807, 2.05) is 6.92 Å². The molecule has 372 valence electrons. The van der Waals surface area contributed by atoms with E-state index in [-0.39, 0.29) is 35.4 Å². The van der Waals surface area contributed by atoms with Crippen LogP contribution >= 0.6 is 0 Å². The summed E-state index contributed by atoms with van der Waals surface area (Å²) < 4.78 is 48.4. The van der Waals surface area contributed by atoms with E-state index in [1.165, 1.54) is 12.5 Å². The Hall–Kier alpha value is -1.47. The maximum atomic E-state index is 12.1. The van der Waals surface area contributed by atoms with E-state index < -0.39 is 117 Å². The van der Waals surface area contributed by atoms with Gasteiger partial charge in [-0.1, -0.05) is 39.3 Å². The third-order valence-corrected chi connectivity index (χ3v) is 17.7. The fraction of sp³-hybridized carbons (Fsp3) is 0.935. The van der Waals surface area contributed by atoms with Crippen molar-refractivity contribution in [1.29, 1.82) is 0 Å². The van der Waals surface area contributed by atoms with Crippen molar-refractivity contribution in [2.75, 3.05) is 20.3 Å². The molecule has 26 unspecified atom stereocenters. The number of hydrogen-bond donors (Lipinski definition) is 10. The highest BCUT2D eigenvalue weighted by molar-refractivity contribution is 5.73. The largest absolute Gasteiger partial charge is 0.479 e. The summed E-state index contributed by atoms with van der Waals surface area (Å²) in [5, 5.41) is 103. The Morgan fingerprint density at radius 1 is 0.831 bits per heavy atom. The third-order valence-electron chi connectivity index (χ3n) is 17.7. The number of hydrogen-bond acceptors (Lipinski definition) is 18. The second-order valence-corrected chi connectivity index (χ2v) is 21.2. The summed E-state index contributed by atoms with van der Waals surface area (Å²) in [6, 6.07) is 0. The standard InChI is InChI=1S/C46H74O19/c1-19(18-59-41-36(54)33(51)31(49)28(17-47)62-41)9-14-46(58-6)20(2)29-27(65-46)16-26-24-8-7-22-15-23(10-12-44(22,4)25(24)11-13-45(26,29)5)61-43-39(35(53)34(52)38(63-43)40(56)57)64-42-37(55)32(50)30(48)21(3)60-42/h7,19-21,23-39,41-43,47-55H,8-18H2,1-6H3,(H,56,57). The number of carboxylic acids is 1. The topological polar surface area (TPSA) is 293 Å². The normalized spacial score (nSPS) is 53.6. The lowest BCUT2D eigenvalue weighted by atomic mass is 9.47. The molecular weight excluding hydrogens is 856 g/mol. The van der Waals surface area contributed by atoms with Gasteiger partial charge in [0.1, 0.15) is 61.0 Å². The number of aliphatic carboxylic acids is 1. The zero-order valence-corrected chi connectivity index (χ0v) is 38.3. The van der Waals surface area contributed by atoms with Gasteiger partial charge in [0.2, 0.25) is 0 Å². The molecule has 4 aliphatic heterocycles. The summed E-state index contributed by atoms with van der Waals surface area (Å²) in [6.07, 6.45) is -13.2. The minimum Gasteiger partial charge on any atom is -0.479 e. The minimum absolute atomic E-state index is 0.0138. The maximum Gasteiger partial charge on any atom is 0.335 e. The lowest BCUT2D eigenvalue weighted by Gasteiger charge is -2.58. The number of carbonyl (C=O) groups is 1. The van der Waals surface area contributed by atoms with Crippen molar-refractivity contribution in [3.63, 3.8) is 0 Å². The van der Waals surface area contributed by atoms with Gasteiger partial charge in [0.25, 0.3) is 0 Å². The van der Waals surface area contributed by atoms with E-state index in [0.29, 0.717) is 49.4 Å². The summed E-state index contributed by atoms with van der Waals surface area (Å²) in [5.41, 5.74) is 1.20. The quantitative estimate of drug-likeness (QED) is 0.108. The van der Waals surface area contributed by atoms with E-state index in [4.69, 9.17) is 37.9 Å². The SMILES string of the molecule is COC1(CCC(C)COC2OC(CO)C(O)C(O)C2O)OC2CC3C4CC=C5CC(OC6OC(C(=O)O)C(O)C(O)C6OC6OC(C)C(O)C(O)C6O)CCC5(C)C4CCC3(C)C2C1C. The van der Waals surface area contributed by atoms with E-state index in [1.54, 1.807) is 7.11 Å². The van der Waals surface area contributed by atoms with Crippen LogP contribution in [-0.2, 0) is 42.7 Å². The fourth-order valence-corrected chi connectivity index (χ4v) is 13.8. The molecule has 65 heavy (non-hydrogen) atoms. The summed E-state index contributed by atoms with van der Waals surface area (Å²) >= 11 is 0. The van der Waals surface area contributed by atoms with E-state index >= 15 is 0 Å². The molecule has 19 heteroatoms. The van der Waals surface area contributed by atoms with Crippen LogP contribution in [0.5, 0.6) is 0 Å². The Morgan fingerprint density at radius 3 is 2.23 bits per heavy atom. The summed E-state index contributed by atoms with van der Waals surface area (Å²) in [7, 11) is 1.72. The monoisotopic (exact) mass is 930 g/mol. The Bertz CT molecular complexity index is 1700. The Kier molecular flexibility index (Phi) is 14.6. The van der Waals surface area contributed by atoms with Crippen molar-refractivity contribution in [2.45, 2.75) is 203 Å². The van der Waals surface area contributed by atoms with Gasteiger partial charge in [-0.3, -0.25) is 0 Å². The van der Waals surface area contributed by atoms with E-state index in [2.05, 4.69) is 26.8 Å². The predicted molar refractivity (Wildman–Crippen MR) is 223 cm³/mol. The molecule has 10 N–H and O–H groups in total. The van der Waals surface area contributed by atoms with Crippen LogP contribution in [0.2, 0.25) is 0 Å². The number of aliphatic hydroxyl groups excluding tert-OH is 9. The number of ether oxygens (including phenoxy) is 8. The highest BCUT2D eigenvalue weighted by Crippen LogP contribution is 2.70. The molecule has 0 bridgehead atoms. The van der Waals surface area contributed by atoms with Gasteiger partial charge in [0.05, 0.1) is 31.5 Å². The van der Waals surface area contributed by atoms with Gasteiger partial charge in [0.15, 0.2) is 30.8 Å². The first-order valence-electron chi connectivity index (χ1n) is 23.8. The molecule has 19 nitrogen and oxygen atoms in total. The first kappa shape index (κ1) is 49.9. The average Bonchev–Trinajstić information content (AvgIpc) is 3.74. The molecule has 26 atom stereocenters. The molecule has 4 heterocycles. The van der Waals surface area contributed by atoms with Gasteiger partial charge < -0.3 is 89.0 Å². The first-order valence-corrected chi connectivity index (χ1v) is 23.8. The first-order chi connectivity index (χ1) is 30.7. The van der Waals surface area contributed by atoms with E-state index in [9.17, 15) is 55.9 Å². The van der Waals surface area contributed by atoms with Crippen molar-refractivity contribution < 1.29 is 93.8 Å². The zero-order valence-electron chi connectivity index (χ0n) is 38.3. The molecule has 0 radical (unpaired) electrons. The molecular formula is C46H74O19. The number of fused-ring (bicyclic) bond motifs is 7. The van der Waals surface area contributed by atoms with Crippen molar-refractivity contribution >= 4 is 5.97 Å². The second-order valence-electron chi connectivity index (χ2n) is 21.2. The van der Waals surface area contributed by atoms with Crippen molar-refractivity contribution in [1.82, 2.24) is 0 Å². The van der Waals surface area contributed by atoms with Crippen LogP contribution in [0.1, 0.15) is 92.4 Å². The summed E-state index contributed by atoms with van der Waals surface area (Å²) in [4.78, 5) is 12.1. The van der Waals surface area contributed by atoms with Gasteiger partial charge in [-0.2, -0.15) is 0 Å². The van der Waals surface area contributed by atoms with Crippen LogP contribution in [0.25, 0.3) is 0 Å². The fourth-order valence-electron chi connectivity index (χ4n) is 13.8. The van der Waals surface area contributed by atoms with Crippen LogP contribution in [0.4, 0.5) is 0 Å². The minimum atomic E-state index is -1.89. The lowest BCUT2D eigenvalue weighted by molar-refractivity contribution is -0.366. The van der Waals surface area contributed by atoms with Crippen molar-refractivity contribution in [3.05, 3.63) is 11.6 Å². The Labute approximate surface area is 379 Å². The third kappa shape index (κ3) is 8.67. The zero-order chi connectivity index (χ0) is 47.1. The smallest absolute Gasteiger partial charge is 0.335 e. The average molecular weight is 931 g/mol. The van der Waals surface area contributed by atoms with Crippen LogP contribution in [-0.4, -0.2) is 187 Å². The predicted octanol–water partition coefficient (Wildman–Crippen LogP) is -0.0851. The van der Waals surface area contributed by atoms with Gasteiger partial charge in [-0.05, 0) is 98.7 Å². The van der Waals surface area contributed by atoms with Gasteiger partial charge in [-0.25, -0.2) is 4.79 Å². The Balaban J connectivity index is 0.903. The highest BCUT2D eigenvalue weighted by Gasteiger charge is 2.68. The summed E-state index contributed by atoms with van der Waals surface area (Å²) in [5.74, 6) is -0.539. The number of allylic oxidation sites excluding steroid dienone is 1. The van der Waals surface area contributed by atoms with E-state index in [0.717, 1.165) is 32.1 Å². The van der Waals surface area contributed by atoms with Crippen molar-refractivity contribution in [2.24, 2.45) is 46.3 Å². The second kappa shape index (κ2) is 19.0. The number of rotatable bonds is 13. The molecule has 4 aliphatic carbocycles. The molecule has 3 saturated carbocycles. The number of carboxylic acid groups (broad SMARTS) is 1.